The number of carbonyl (C=O) groups is 2. The Bertz CT molecular complexity index is 838. The minimum Gasteiger partial charge on any atom is -0.493 e. The Morgan fingerprint density at radius 1 is 1.07 bits per heavy atom. The van der Waals surface area contributed by atoms with Crippen LogP contribution in [-0.4, -0.2) is 72.9 Å². The molecule has 1 aliphatic heterocycles. The highest BCUT2D eigenvalue weighted by atomic mass is 16.5. The zero-order valence-corrected chi connectivity index (χ0v) is 16.7. The van der Waals surface area contributed by atoms with Gasteiger partial charge < -0.3 is 19.4 Å². The molecule has 3 rings (SSSR count). The van der Waals surface area contributed by atoms with Crippen LogP contribution in [0.4, 0.5) is 0 Å². The molecule has 0 atom stereocenters. The molecule has 28 heavy (non-hydrogen) atoms. The second kappa shape index (κ2) is 8.93. The van der Waals surface area contributed by atoms with E-state index < -0.39 is 0 Å². The number of aryl methyl sites for hydroxylation is 2. The van der Waals surface area contributed by atoms with Crippen molar-refractivity contribution in [3.8, 4) is 11.5 Å². The van der Waals surface area contributed by atoms with Gasteiger partial charge in [0.05, 0.1) is 13.7 Å². The molecule has 1 amide bonds. The number of ketones is 1. The lowest BCUT2D eigenvalue weighted by molar-refractivity contribution is -0.135. The first kappa shape index (κ1) is 19.9. The molecule has 2 aromatic rings. The Hall–Kier alpha value is -2.80. The number of hydrogen-bond acceptors (Lipinski definition) is 5. The fraction of sp³-hybridized carbons (Fsp3) is 0.429. The number of rotatable bonds is 7. The third-order valence-electron chi connectivity index (χ3n) is 4.96. The fourth-order valence-electron chi connectivity index (χ4n) is 3.43. The van der Waals surface area contributed by atoms with Crippen LogP contribution in [0.25, 0.3) is 0 Å². The molecule has 1 fully saturated rings. The third-order valence-corrected chi connectivity index (χ3v) is 4.96. The molecule has 2 heterocycles. The van der Waals surface area contributed by atoms with E-state index in [2.05, 4.69) is 9.88 Å². The summed E-state index contributed by atoms with van der Waals surface area (Å²) in [5, 5.41) is 0. The number of benzene rings is 1. The number of H-pyrrole nitrogens is 1. The molecule has 0 unspecified atom stereocenters. The second-order valence-corrected chi connectivity index (χ2v) is 7.01. The van der Waals surface area contributed by atoms with Crippen molar-refractivity contribution < 1.29 is 19.1 Å². The van der Waals surface area contributed by atoms with Crippen molar-refractivity contribution in [1.29, 1.82) is 0 Å². The van der Waals surface area contributed by atoms with E-state index in [9.17, 15) is 9.59 Å². The quantitative estimate of drug-likeness (QED) is 0.739. The fourth-order valence-corrected chi connectivity index (χ4v) is 3.43. The van der Waals surface area contributed by atoms with Gasteiger partial charge in [0.2, 0.25) is 0 Å². The molecule has 0 aliphatic carbocycles. The molecule has 0 saturated carbocycles. The van der Waals surface area contributed by atoms with Crippen LogP contribution in [0.5, 0.6) is 11.5 Å². The molecule has 150 valence electrons. The number of carbonyl (C=O) groups excluding carboxylic acids is 2. The molecule has 0 spiro atoms. The highest BCUT2D eigenvalue weighted by Crippen LogP contribution is 2.25. The first-order chi connectivity index (χ1) is 13.5. The molecule has 1 saturated heterocycles. The smallest absolute Gasteiger partial charge is 0.260 e. The van der Waals surface area contributed by atoms with Crippen LogP contribution in [0.3, 0.4) is 0 Å². The van der Waals surface area contributed by atoms with E-state index >= 15 is 0 Å². The number of para-hydroxylation sites is 2. The van der Waals surface area contributed by atoms with E-state index in [1.54, 1.807) is 24.1 Å². The van der Waals surface area contributed by atoms with E-state index in [4.69, 9.17) is 9.47 Å². The topological polar surface area (TPSA) is 74.9 Å². The predicted octanol–water partition coefficient (Wildman–Crippen LogP) is 2.05. The van der Waals surface area contributed by atoms with E-state index in [-0.39, 0.29) is 18.3 Å². The van der Waals surface area contributed by atoms with Crippen LogP contribution < -0.4 is 9.47 Å². The number of methoxy groups -OCH3 is 1. The first-order valence-electron chi connectivity index (χ1n) is 9.43. The average molecular weight is 385 g/mol. The SMILES string of the molecule is COc1ccccc1OCC(=O)N1CCN(CC(=O)c2cc(C)[nH]c2C)CC1. The molecule has 7 nitrogen and oxygen atoms in total. The summed E-state index contributed by atoms with van der Waals surface area (Å²) >= 11 is 0. The van der Waals surface area contributed by atoms with Crippen molar-refractivity contribution in [3.05, 3.63) is 47.3 Å². The van der Waals surface area contributed by atoms with Gasteiger partial charge >= 0.3 is 0 Å². The van der Waals surface area contributed by atoms with Crippen molar-refractivity contribution in [2.45, 2.75) is 13.8 Å². The lowest BCUT2D eigenvalue weighted by Crippen LogP contribution is -2.51. The van der Waals surface area contributed by atoms with Crippen molar-refractivity contribution in [2.75, 3.05) is 46.4 Å². The number of piperazine rings is 1. The maximum absolute atomic E-state index is 12.5. The van der Waals surface area contributed by atoms with E-state index in [0.717, 1.165) is 17.0 Å². The summed E-state index contributed by atoms with van der Waals surface area (Å²) in [6.07, 6.45) is 0. The summed E-state index contributed by atoms with van der Waals surface area (Å²) in [4.78, 5) is 32.0. The number of nitrogens with zero attached hydrogens (tertiary/aromatic N) is 2. The van der Waals surface area contributed by atoms with Crippen molar-refractivity contribution >= 4 is 11.7 Å². The van der Waals surface area contributed by atoms with Gasteiger partial charge in [0.25, 0.3) is 5.91 Å². The van der Waals surface area contributed by atoms with Crippen LogP contribution in [0.1, 0.15) is 21.7 Å². The van der Waals surface area contributed by atoms with E-state index in [0.29, 0.717) is 44.2 Å². The summed E-state index contributed by atoms with van der Waals surface area (Å²) in [6.45, 7) is 6.74. The summed E-state index contributed by atoms with van der Waals surface area (Å²) in [5.74, 6) is 1.21. The van der Waals surface area contributed by atoms with Crippen LogP contribution >= 0.6 is 0 Å². The molecular weight excluding hydrogens is 358 g/mol. The molecule has 0 radical (unpaired) electrons. The molecule has 1 aromatic carbocycles. The normalized spacial score (nSPS) is 14.8. The largest absolute Gasteiger partial charge is 0.493 e. The number of nitrogens with one attached hydrogen (secondary N) is 1. The minimum atomic E-state index is -0.0611. The Kier molecular flexibility index (Phi) is 6.36. The molecule has 0 bridgehead atoms. The Labute approximate surface area is 165 Å². The van der Waals surface area contributed by atoms with Gasteiger partial charge in [-0.1, -0.05) is 12.1 Å². The highest BCUT2D eigenvalue weighted by Gasteiger charge is 2.24. The van der Waals surface area contributed by atoms with Crippen LogP contribution in [0, 0.1) is 13.8 Å². The van der Waals surface area contributed by atoms with Gasteiger partial charge in [0, 0.05) is 43.1 Å². The lowest BCUT2D eigenvalue weighted by Gasteiger charge is -2.34. The lowest BCUT2D eigenvalue weighted by atomic mass is 10.1. The number of Topliss-reactive ketones (excluding diaryl/α,β-unsaturated/α-hetero) is 1. The molecule has 7 heteroatoms. The minimum absolute atomic E-state index is 0.0267. The van der Waals surface area contributed by atoms with E-state index in [1.807, 2.05) is 32.0 Å². The Balaban J connectivity index is 1.46. The van der Waals surface area contributed by atoms with Crippen LogP contribution in [0.15, 0.2) is 30.3 Å². The highest BCUT2D eigenvalue weighted by molar-refractivity contribution is 5.98. The number of aromatic nitrogens is 1. The zero-order valence-electron chi connectivity index (χ0n) is 16.7. The standard InChI is InChI=1S/C21H27N3O4/c1-15-12-17(16(2)22-15)18(25)13-23-8-10-24(11-9-23)21(26)14-28-20-7-5-4-6-19(20)27-3/h4-7,12,22H,8-11,13-14H2,1-3H3. The molecule has 1 aliphatic rings. The summed E-state index contributed by atoms with van der Waals surface area (Å²) in [5.41, 5.74) is 2.65. The summed E-state index contributed by atoms with van der Waals surface area (Å²) < 4.78 is 10.9. The molecular formula is C21H27N3O4. The van der Waals surface area contributed by atoms with Gasteiger partial charge in [-0.2, -0.15) is 0 Å². The van der Waals surface area contributed by atoms with E-state index in [1.165, 1.54) is 0 Å². The van der Waals surface area contributed by atoms with Gasteiger partial charge in [-0.3, -0.25) is 14.5 Å². The molecule has 1 aromatic heterocycles. The van der Waals surface area contributed by atoms with Gasteiger partial charge in [-0.05, 0) is 32.0 Å². The first-order valence-corrected chi connectivity index (χ1v) is 9.43. The number of hydrogen-bond donors (Lipinski definition) is 1. The predicted molar refractivity (Wildman–Crippen MR) is 106 cm³/mol. The van der Waals surface area contributed by atoms with Crippen molar-refractivity contribution in [1.82, 2.24) is 14.8 Å². The number of ether oxygens (including phenoxy) is 2. The molecule has 1 N–H and O–H groups in total. The average Bonchev–Trinajstić information content (AvgIpc) is 3.05. The zero-order chi connectivity index (χ0) is 20.1. The Morgan fingerprint density at radius 2 is 1.75 bits per heavy atom. The third kappa shape index (κ3) is 4.72. The van der Waals surface area contributed by atoms with Crippen LogP contribution in [0.2, 0.25) is 0 Å². The van der Waals surface area contributed by atoms with Crippen molar-refractivity contribution in [3.63, 3.8) is 0 Å². The van der Waals surface area contributed by atoms with Gasteiger partial charge in [-0.25, -0.2) is 0 Å². The van der Waals surface area contributed by atoms with Gasteiger partial charge in [0.15, 0.2) is 23.9 Å². The maximum atomic E-state index is 12.5. The number of aromatic amines is 1. The van der Waals surface area contributed by atoms with Gasteiger partial charge in [-0.15, -0.1) is 0 Å². The van der Waals surface area contributed by atoms with Gasteiger partial charge in [0.1, 0.15) is 0 Å². The maximum Gasteiger partial charge on any atom is 0.260 e. The van der Waals surface area contributed by atoms with Crippen molar-refractivity contribution in [2.24, 2.45) is 0 Å². The number of amides is 1. The second-order valence-electron chi connectivity index (χ2n) is 7.01. The summed E-state index contributed by atoms with van der Waals surface area (Å²) in [6, 6.07) is 9.16. The summed E-state index contributed by atoms with van der Waals surface area (Å²) in [7, 11) is 1.57. The van der Waals surface area contributed by atoms with Crippen LogP contribution in [-0.2, 0) is 4.79 Å². The monoisotopic (exact) mass is 385 g/mol. The Morgan fingerprint density at radius 3 is 2.36 bits per heavy atom.